The SMILES string of the molecule is COCCN(C(=O)OC(C)(C)C)[C@@H]1CC[C@@H](Nc2cc(-c3cccc(NCC4(N)CCOCC4)n3)c(Cl)cn2)C[C@H]1O. The Balaban J connectivity index is 1.40. The van der Waals surface area contributed by atoms with Gasteiger partial charge in [-0.05, 0) is 71.1 Å². The number of hydrogen-bond donors (Lipinski definition) is 4. The molecule has 11 nitrogen and oxygen atoms in total. The number of ether oxygens (including phenoxy) is 3. The number of aliphatic hydroxyl groups is 1. The highest BCUT2D eigenvalue weighted by Crippen LogP contribution is 2.31. The second-order valence-electron chi connectivity index (χ2n) is 12.2. The summed E-state index contributed by atoms with van der Waals surface area (Å²) in [5.41, 5.74) is 7.03. The third-order valence-corrected chi connectivity index (χ3v) is 7.99. The van der Waals surface area contributed by atoms with Crippen LogP contribution in [0, 0.1) is 0 Å². The maximum atomic E-state index is 12.9. The largest absolute Gasteiger partial charge is 0.444 e. The lowest BCUT2D eigenvalue weighted by atomic mass is 9.87. The third kappa shape index (κ3) is 8.90. The number of rotatable bonds is 10. The van der Waals surface area contributed by atoms with Gasteiger partial charge in [-0.1, -0.05) is 17.7 Å². The summed E-state index contributed by atoms with van der Waals surface area (Å²) in [6.45, 7) is 8.12. The molecule has 2 fully saturated rings. The first-order chi connectivity index (χ1) is 20.0. The molecular formula is C30H45ClN6O5. The van der Waals surface area contributed by atoms with Crippen molar-refractivity contribution in [2.75, 3.05) is 50.7 Å². The number of aromatic nitrogens is 2. The van der Waals surface area contributed by atoms with E-state index in [-0.39, 0.29) is 17.6 Å². The summed E-state index contributed by atoms with van der Waals surface area (Å²) >= 11 is 6.56. The monoisotopic (exact) mass is 604 g/mol. The van der Waals surface area contributed by atoms with E-state index < -0.39 is 17.8 Å². The van der Waals surface area contributed by atoms with Crippen molar-refractivity contribution in [3.8, 4) is 11.3 Å². The number of anilines is 2. The molecule has 0 radical (unpaired) electrons. The van der Waals surface area contributed by atoms with Gasteiger partial charge in [-0.2, -0.15) is 0 Å². The van der Waals surface area contributed by atoms with Gasteiger partial charge < -0.3 is 40.6 Å². The number of nitrogens with two attached hydrogens (primary N) is 1. The van der Waals surface area contributed by atoms with Crippen LogP contribution in [-0.4, -0.2) is 95.4 Å². The van der Waals surface area contributed by atoms with E-state index in [2.05, 4.69) is 15.6 Å². The number of carbonyl (C=O) groups is 1. The lowest BCUT2D eigenvalue weighted by Gasteiger charge is -2.40. The number of halogens is 1. The fourth-order valence-electron chi connectivity index (χ4n) is 5.36. The van der Waals surface area contributed by atoms with Gasteiger partial charge in [-0.25, -0.2) is 14.8 Å². The van der Waals surface area contributed by atoms with Crippen LogP contribution in [0.4, 0.5) is 16.4 Å². The first-order valence-corrected chi connectivity index (χ1v) is 15.0. The number of hydrogen-bond acceptors (Lipinski definition) is 10. The number of carbonyl (C=O) groups excluding carboxylic acids is 1. The van der Waals surface area contributed by atoms with Gasteiger partial charge in [0.1, 0.15) is 17.2 Å². The molecule has 232 valence electrons. The molecule has 1 aliphatic heterocycles. The number of amides is 1. The molecule has 42 heavy (non-hydrogen) atoms. The zero-order valence-corrected chi connectivity index (χ0v) is 25.8. The van der Waals surface area contributed by atoms with Crippen molar-refractivity contribution in [1.82, 2.24) is 14.9 Å². The van der Waals surface area contributed by atoms with Crippen LogP contribution >= 0.6 is 11.6 Å². The van der Waals surface area contributed by atoms with Gasteiger partial charge in [0.2, 0.25) is 0 Å². The summed E-state index contributed by atoms with van der Waals surface area (Å²) in [5.74, 6) is 1.35. The topological polar surface area (TPSA) is 144 Å². The van der Waals surface area contributed by atoms with Crippen LogP contribution in [0.1, 0.15) is 52.9 Å². The van der Waals surface area contributed by atoms with Crippen molar-refractivity contribution in [3.63, 3.8) is 0 Å². The molecule has 4 rings (SSSR count). The quantitative estimate of drug-likeness (QED) is 0.310. The first kappa shape index (κ1) is 32.2. The summed E-state index contributed by atoms with van der Waals surface area (Å²) in [6, 6.07) is 7.22. The highest BCUT2D eigenvalue weighted by atomic mass is 35.5. The molecule has 1 aliphatic carbocycles. The number of aliphatic hydroxyl groups excluding tert-OH is 1. The Kier molecular flexibility index (Phi) is 10.9. The first-order valence-electron chi connectivity index (χ1n) is 14.6. The van der Waals surface area contributed by atoms with Gasteiger partial charge in [0.25, 0.3) is 0 Å². The molecule has 0 unspecified atom stereocenters. The van der Waals surface area contributed by atoms with Crippen LogP contribution in [0.25, 0.3) is 11.3 Å². The minimum Gasteiger partial charge on any atom is -0.444 e. The number of pyridine rings is 2. The molecule has 2 aromatic heterocycles. The summed E-state index contributed by atoms with van der Waals surface area (Å²) in [4.78, 5) is 23.8. The fourth-order valence-corrected chi connectivity index (χ4v) is 5.56. The molecule has 2 aliphatic rings. The van der Waals surface area contributed by atoms with Crippen molar-refractivity contribution in [2.45, 2.75) is 82.2 Å². The Morgan fingerprint density at radius 3 is 2.71 bits per heavy atom. The van der Waals surface area contributed by atoms with E-state index in [1.54, 1.807) is 18.2 Å². The molecule has 2 aromatic rings. The lowest BCUT2D eigenvalue weighted by Crippen LogP contribution is -2.53. The minimum atomic E-state index is -0.738. The summed E-state index contributed by atoms with van der Waals surface area (Å²) in [7, 11) is 1.59. The molecule has 3 atom stereocenters. The van der Waals surface area contributed by atoms with E-state index in [1.807, 2.05) is 45.0 Å². The zero-order chi connectivity index (χ0) is 30.3. The fraction of sp³-hybridized carbons (Fsp3) is 0.633. The lowest BCUT2D eigenvalue weighted by molar-refractivity contribution is -0.0241. The van der Waals surface area contributed by atoms with E-state index >= 15 is 0 Å². The molecule has 1 saturated heterocycles. The number of methoxy groups -OCH3 is 1. The molecular weight excluding hydrogens is 560 g/mol. The smallest absolute Gasteiger partial charge is 0.410 e. The summed E-state index contributed by atoms with van der Waals surface area (Å²) in [6.07, 6.45) is 3.80. The van der Waals surface area contributed by atoms with Gasteiger partial charge in [-0.3, -0.25) is 0 Å². The number of nitrogens with one attached hydrogen (secondary N) is 2. The second kappa shape index (κ2) is 14.2. The highest BCUT2D eigenvalue weighted by Gasteiger charge is 2.37. The Labute approximate surface area is 253 Å². The van der Waals surface area contributed by atoms with Gasteiger partial charge in [0.15, 0.2) is 0 Å². The Morgan fingerprint density at radius 2 is 2.02 bits per heavy atom. The second-order valence-corrected chi connectivity index (χ2v) is 12.6. The van der Waals surface area contributed by atoms with E-state index in [4.69, 9.17) is 36.5 Å². The van der Waals surface area contributed by atoms with Gasteiger partial charge in [0.05, 0.1) is 29.5 Å². The maximum Gasteiger partial charge on any atom is 0.410 e. The van der Waals surface area contributed by atoms with Crippen LogP contribution in [-0.2, 0) is 14.2 Å². The molecule has 1 amide bonds. The number of nitrogens with zero attached hydrogens (tertiary/aromatic N) is 3. The van der Waals surface area contributed by atoms with Crippen LogP contribution in [0.2, 0.25) is 5.02 Å². The van der Waals surface area contributed by atoms with Crippen molar-refractivity contribution in [3.05, 3.63) is 35.5 Å². The molecule has 0 bridgehead atoms. The van der Waals surface area contributed by atoms with Crippen LogP contribution < -0.4 is 16.4 Å². The van der Waals surface area contributed by atoms with Gasteiger partial charge >= 0.3 is 6.09 Å². The Morgan fingerprint density at radius 1 is 1.26 bits per heavy atom. The third-order valence-electron chi connectivity index (χ3n) is 7.69. The zero-order valence-electron chi connectivity index (χ0n) is 25.1. The van der Waals surface area contributed by atoms with Crippen molar-refractivity contribution in [2.24, 2.45) is 5.73 Å². The predicted molar refractivity (Wildman–Crippen MR) is 164 cm³/mol. The van der Waals surface area contributed by atoms with Gasteiger partial charge in [0, 0.05) is 56.8 Å². The van der Waals surface area contributed by atoms with E-state index in [0.29, 0.717) is 62.3 Å². The molecule has 12 heteroatoms. The van der Waals surface area contributed by atoms with E-state index in [9.17, 15) is 9.90 Å². The Hall–Kier alpha value is -2.70. The normalized spacial score (nSPS) is 22.3. The van der Waals surface area contributed by atoms with Crippen LogP contribution in [0.3, 0.4) is 0 Å². The Bertz CT molecular complexity index is 1190. The average molecular weight is 605 g/mol. The van der Waals surface area contributed by atoms with Crippen LogP contribution in [0.5, 0.6) is 0 Å². The molecule has 1 saturated carbocycles. The molecule has 5 N–H and O–H groups in total. The van der Waals surface area contributed by atoms with E-state index in [0.717, 1.165) is 30.6 Å². The minimum absolute atomic E-state index is 0.0399. The summed E-state index contributed by atoms with van der Waals surface area (Å²) in [5, 5.41) is 18.4. The molecule has 0 aromatic carbocycles. The maximum absolute atomic E-state index is 12.9. The standard InChI is InChI=1S/C30H45ClN6O5/c1-29(2,3)42-28(39)37(12-15-40-4)24-9-8-20(16-25(24)38)35-27-17-21(22(31)18-33-27)23-6-5-7-26(36-23)34-19-30(32)10-13-41-14-11-30/h5-7,17-18,20,24-25,38H,8-16,19,32H2,1-4H3,(H,33,35)(H,34,36)/t20-,24-,25-/m1/s1. The molecule has 0 spiro atoms. The van der Waals surface area contributed by atoms with Crippen LogP contribution in [0.15, 0.2) is 30.5 Å². The van der Waals surface area contributed by atoms with Crippen molar-refractivity contribution in [1.29, 1.82) is 0 Å². The van der Waals surface area contributed by atoms with Crippen molar-refractivity contribution >= 4 is 29.3 Å². The van der Waals surface area contributed by atoms with E-state index in [1.165, 1.54) is 0 Å². The highest BCUT2D eigenvalue weighted by molar-refractivity contribution is 6.33. The average Bonchev–Trinajstić information content (AvgIpc) is 2.94. The predicted octanol–water partition coefficient (Wildman–Crippen LogP) is 4.29. The molecule has 3 heterocycles. The summed E-state index contributed by atoms with van der Waals surface area (Å²) < 4.78 is 16.3. The van der Waals surface area contributed by atoms with Crippen molar-refractivity contribution < 1.29 is 24.1 Å². The van der Waals surface area contributed by atoms with Gasteiger partial charge in [-0.15, -0.1) is 0 Å².